The molecule has 1 unspecified atom stereocenters. The molecule has 0 aromatic heterocycles. The molecule has 1 rings (SSSR count). The number of likely N-dealkylation sites (tertiary alicyclic amines) is 1. The van der Waals surface area contributed by atoms with Gasteiger partial charge in [0, 0.05) is 18.1 Å². The Labute approximate surface area is 76.1 Å². The summed E-state index contributed by atoms with van der Waals surface area (Å²) in [6, 6.07) is 0.799. The lowest BCUT2D eigenvalue weighted by Crippen LogP contribution is -2.46. The van der Waals surface area contributed by atoms with Crippen LogP contribution in [0.3, 0.4) is 0 Å². The van der Waals surface area contributed by atoms with Crippen molar-refractivity contribution in [3.63, 3.8) is 0 Å². The average molecular weight is 170 g/mol. The van der Waals surface area contributed by atoms with Crippen molar-refractivity contribution in [3.05, 3.63) is 0 Å². The maximum atomic E-state index is 5.99. The molecule has 12 heavy (non-hydrogen) atoms. The van der Waals surface area contributed by atoms with Crippen LogP contribution in [0.25, 0.3) is 0 Å². The van der Waals surface area contributed by atoms with Gasteiger partial charge >= 0.3 is 0 Å². The third-order valence-corrected chi connectivity index (χ3v) is 2.58. The molecule has 1 aliphatic heterocycles. The number of rotatable bonds is 3. The number of nitrogens with zero attached hydrogens (tertiary/aromatic N) is 1. The number of hydrogen-bond acceptors (Lipinski definition) is 2. The van der Waals surface area contributed by atoms with E-state index in [2.05, 4.69) is 25.7 Å². The van der Waals surface area contributed by atoms with E-state index in [-0.39, 0.29) is 5.54 Å². The summed E-state index contributed by atoms with van der Waals surface area (Å²) in [4.78, 5) is 2.54. The standard InChI is InChI=1S/C10H22N2/c1-4-9-6-5-7-12(9)8-10(2,3)11/h9H,4-8,11H2,1-3H3. The SMILES string of the molecule is CCC1CCCN1CC(C)(C)N. The Hall–Kier alpha value is -0.0800. The van der Waals surface area contributed by atoms with Crippen LogP contribution < -0.4 is 5.73 Å². The second-order valence-electron chi connectivity index (χ2n) is 4.66. The molecular weight excluding hydrogens is 148 g/mol. The van der Waals surface area contributed by atoms with Crippen molar-refractivity contribution in [1.29, 1.82) is 0 Å². The third-order valence-electron chi connectivity index (χ3n) is 2.58. The van der Waals surface area contributed by atoms with Crippen molar-refractivity contribution in [1.82, 2.24) is 4.90 Å². The fourth-order valence-corrected chi connectivity index (χ4v) is 2.09. The largest absolute Gasteiger partial charge is 0.324 e. The van der Waals surface area contributed by atoms with Gasteiger partial charge < -0.3 is 5.73 Å². The molecule has 0 amide bonds. The van der Waals surface area contributed by atoms with Crippen LogP contribution in [-0.4, -0.2) is 29.6 Å². The maximum absolute atomic E-state index is 5.99. The molecule has 0 bridgehead atoms. The highest BCUT2D eigenvalue weighted by Gasteiger charge is 2.26. The zero-order valence-electron chi connectivity index (χ0n) is 8.64. The lowest BCUT2D eigenvalue weighted by Gasteiger charge is -2.30. The summed E-state index contributed by atoms with van der Waals surface area (Å²) < 4.78 is 0. The molecule has 2 nitrogen and oxygen atoms in total. The van der Waals surface area contributed by atoms with E-state index in [1.54, 1.807) is 0 Å². The molecule has 1 fully saturated rings. The lowest BCUT2D eigenvalue weighted by molar-refractivity contribution is 0.205. The fraction of sp³-hybridized carbons (Fsp3) is 1.00. The van der Waals surface area contributed by atoms with Crippen molar-refractivity contribution in [2.45, 2.75) is 51.6 Å². The Balaban J connectivity index is 2.41. The summed E-state index contributed by atoms with van der Waals surface area (Å²) in [5.74, 6) is 0. The molecule has 1 saturated heterocycles. The summed E-state index contributed by atoms with van der Waals surface area (Å²) in [6.07, 6.45) is 4.00. The Morgan fingerprint density at radius 3 is 2.67 bits per heavy atom. The van der Waals surface area contributed by atoms with Gasteiger partial charge in [-0.2, -0.15) is 0 Å². The van der Waals surface area contributed by atoms with Crippen LogP contribution in [0.15, 0.2) is 0 Å². The Morgan fingerprint density at radius 1 is 1.50 bits per heavy atom. The Morgan fingerprint density at radius 2 is 2.17 bits per heavy atom. The van der Waals surface area contributed by atoms with Crippen LogP contribution in [0.4, 0.5) is 0 Å². The van der Waals surface area contributed by atoms with Crippen LogP contribution in [0.5, 0.6) is 0 Å². The average Bonchev–Trinajstić information content (AvgIpc) is 2.31. The summed E-state index contributed by atoms with van der Waals surface area (Å²) in [5, 5.41) is 0. The molecule has 0 saturated carbocycles. The molecule has 0 aromatic rings. The topological polar surface area (TPSA) is 29.3 Å². The molecule has 1 heterocycles. The van der Waals surface area contributed by atoms with Crippen molar-refractivity contribution in [2.75, 3.05) is 13.1 Å². The van der Waals surface area contributed by atoms with Crippen molar-refractivity contribution in [2.24, 2.45) is 5.73 Å². The minimum Gasteiger partial charge on any atom is -0.324 e. The quantitative estimate of drug-likeness (QED) is 0.697. The first-order chi connectivity index (χ1) is 5.53. The van der Waals surface area contributed by atoms with Crippen molar-refractivity contribution >= 4 is 0 Å². The summed E-state index contributed by atoms with van der Waals surface area (Å²) in [6.45, 7) is 8.78. The van der Waals surface area contributed by atoms with Gasteiger partial charge in [-0.15, -0.1) is 0 Å². The van der Waals surface area contributed by atoms with Crippen molar-refractivity contribution < 1.29 is 0 Å². The zero-order chi connectivity index (χ0) is 9.19. The van der Waals surface area contributed by atoms with E-state index >= 15 is 0 Å². The molecule has 0 radical (unpaired) electrons. The van der Waals surface area contributed by atoms with E-state index < -0.39 is 0 Å². The first-order valence-electron chi connectivity index (χ1n) is 5.06. The molecule has 2 N–H and O–H groups in total. The van der Waals surface area contributed by atoms with E-state index in [9.17, 15) is 0 Å². The van der Waals surface area contributed by atoms with Crippen molar-refractivity contribution in [3.8, 4) is 0 Å². The van der Waals surface area contributed by atoms with Crippen LogP contribution in [0, 0.1) is 0 Å². The highest BCUT2D eigenvalue weighted by molar-refractivity contribution is 4.84. The van der Waals surface area contributed by atoms with E-state index in [1.807, 2.05) is 0 Å². The smallest absolute Gasteiger partial charge is 0.0226 e. The molecule has 0 aromatic carbocycles. The summed E-state index contributed by atoms with van der Waals surface area (Å²) >= 11 is 0. The molecule has 1 atom stereocenters. The fourth-order valence-electron chi connectivity index (χ4n) is 2.09. The number of nitrogens with two attached hydrogens (primary N) is 1. The predicted molar refractivity (Wildman–Crippen MR) is 53.2 cm³/mol. The van der Waals surface area contributed by atoms with E-state index in [0.29, 0.717) is 0 Å². The molecule has 72 valence electrons. The van der Waals surface area contributed by atoms with Gasteiger partial charge in [-0.1, -0.05) is 6.92 Å². The second-order valence-corrected chi connectivity index (χ2v) is 4.66. The molecule has 1 aliphatic rings. The Kier molecular flexibility index (Phi) is 3.13. The maximum Gasteiger partial charge on any atom is 0.0226 e. The molecule has 2 heteroatoms. The van der Waals surface area contributed by atoms with E-state index in [1.165, 1.54) is 25.8 Å². The van der Waals surface area contributed by atoms with Gasteiger partial charge in [0.2, 0.25) is 0 Å². The minimum atomic E-state index is -0.0300. The van der Waals surface area contributed by atoms with Gasteiger partial charge in [-0.3, -0.25) is 4.90 Å². The molecular formula is C10H22N2. The third kappa shape index (κ3) is 2.76. The molecule has 0 aliphatic carbocycles. The summed E-state index contributed by atoms with van der Waals surface area (Å²) in [5.41, 5.74) is 5.96. The van der Waals surface area contributed by atoms with Gasteiger partial charge in [-0.05, 0) is 39.7 Å². The zero-order valence-corrected chi connectivity index (χ0v) is 8.64. The van der Waals surface area contributed by atoms with Gasteiger partial charge in [-0.25, -0.2) is 0 Å². The summed E-state index contributed by atoms with van der Waals surface area (Å²) in [7, 11) is 0. The van der Waals surface area contributed by atoms with E-state index in [0.717, 1.165) is 12.6 Å². The van der Waals surface area contributed by atoms with Gasteiger partial charge in [0.15, 0.2) is 0 Å². The first kappa shape index (κ1) is 10.0. The van der Waals surface area contributed by atoms with E-state index in [4.69, 9.17) is 5.73 Å². The van der Waals surface area contributed by atoms with Crippen LogP contribution >= 0.6 is 0 Å². The number of hydrogen-bond donors (Lipinski definition) is 1. The second kappa shape index (κ2) is 3.75. The van der Waals surface area contributed by atoms with Crippen LogP contribution in [0.1, 0.15) is 40.0 Å². The monoisotopic (exact) mass is 170 g/mol. The van der Waals surface area contributed by atoms with Gasteiger partial charge in [0.25, 0.3) is 0 Å². The Bertz CT molecular complexity index is 137. The van der Waals surface area contributed by atoms with Gasteiger partial charge in [0.05, 0.1) is 0 Å². The highest BCUT2D eigenvalue weighted by Crippen LogP contribution is 2.21. The highest BCUT2D eigenvalue weighted by atomic mass is 15.2. The minimum absolute atomic E-state index is 0.0300. The first-order valence-corrected chi connectivity index (χ1v) is 5.06. The van der Waals surface area contributed by atoms with Crippen LogP contribution in [0.2, 0.25) is 0 Å². The lowest BCUT2D eigenvalue weighted by atomic mass is 10.1. The van der Waals surface area contributed by atoms with Crippen LogP contribution in [-0.2, 0) is 0 Å². The normalized spacial score (nSPS) is 26.5. The predicted octanol–water partition coefficient (Wildman–Crippen LogP) is 1.60. The molecule has 0 spiro atoms. The van der Waals surface area contributed by atoms with Gasteiger partial charge in [0.1, 0.15) is 0 Å².